The van der Waals surface area contributed by atoms with Gasteiger partial charge < -0.3 is 19.5 Å². The van der Waals surface area contributed by atoms with E-state index >= 15 is 0 Å². The van der Waals surface area contributed by atoms with Crippen LogP contribution in [0.2, 0.25) is 0 Å². The van der Waals surface area contributed by atoms with E-state index in [1.54, 1.807) is 25.6 Å². The molecular formula is C22H26N2O3S. The molecule has 1 heterocycles. The number of ether oxygens (including phenoxy) is 3. The molecule has 28 heavy (non-hydrogen) atoms. The Labute approximate surface area is 170 Å². The summed E-state index contributed by atoms with van der Waals surface area (Å²) in [6, 6.07) is 14.2. The van der Waals surface area contributed by atoms with E-state index in [-0.39, 0.29) is 0 Å². The quantitative estimate of drug-likeness (QED) is 0.508. The minimum absolute atomic E-state index is 0.680. The molecule has 6 heteroatoms. The summed E-state index contributed by atoms with van der Waals surface area (Å²) in [6.45, 7) is 4.29. The molecule has 2 aromatic carbocycles. The molecule has 0 saturated heterocycles. The van der Waals surface area contributed by atoms with Crippen molar-refractivity contribution in [2.24, 2.45) is 0 Å². The smallest absolute Gasteiger partial charge is 0.160 e. The number of thiazole rings is 1. The zero-order valence-electron chi connectivity index (χ0n) is 16.5. The fourth-order valence-electron chi connectivity index (χ4n) is 2.87. The number of aromatic nitrogens is 1. The van der Waals surface area contributed by atoms with Crippen LogP contribution in [0.5, 0.6) is 17.2 Å². The average molecular weight is 399 g/mol. The Bertz CT molecular complexity index is 878. The Morgan fingerprint density at radius 3 is 2.50 bits per heavy atom. The highest BCUT2D eigenvalue weighted by atomic mass is 32.1. The molecule has 0 spiro atoms. The lowest BCUT2D eigenvalue weighted by Crippen LogP contribution is -2.16. The van der Waals surface area contributed by atoms with Crippen molar-refractivity contribution in [2.45, 2.75) is 19.9 Å². The zero-order chi connectivity index (χ0) is 19.8. The molecule has 0 atom stereocenters. The first-order valence-electron chi connectivity index (χ1n) is 9.33. The molecule has 3 aromatic rings. The first-order valence-corrected chi connectivity index (χ1v) is 10.1. The number of hydrogen-bond donors (Lipinski definition) is 1. The van der Waals surface area contributed by atoms with E-state index < -0.39 is 0 Å². The van der Waals surface area contributed by atoms with Crippen molar-refractivity contribution in [2.75, 3.05) is 27.4 Å². The lowest BCUT2D eigenvalue weighted by Gasteiger charge is -2.09. The Morgan fingerprint density at radius 1 is 1.00 bits per heavy atom. The standard InChI is InChI=1S/C22H26N2O3S/c1-4-27-18-8-6-17(7-9-18)21-14-24-22(28-21)15-23-12-11-16-5-10-19(25-2)20(13-16)26-3/h5-10,13-14,23H,4,11-12,15H2,1-3H3. The first kappa shape index (κ1) is 20.2. The van der Waals surface area contributed by atoms with Crippen LogP contribution >= 0.6 is 11.3 Å². The maximum Gasteiger partial charge on any atom is 0.160 e. The molecule has 0 unspecified atom stereocenters. The number of benzene rings is 2. The molecule has 1 N–H and O–H groups in total. The van der Waals surface area contributed by atoms with E-state index in [1.165, 1.54) is 10.4 Å². The monoisotopic (exact) mass is 398 g/mol. The highest BCUT2D eigenvalue weighted by Gasteiger charge is 2.06. The van der Waals surface area contributed by atoms with E-state index in [0.29, 0.717) is 6.61 Å². The van der Waals surface area contributed by atoms with Crippen molar-refractivity contribution in [1.29, 1.82) is 0 Å². The third kappa shape index (κ3) is 5.24. The minimum atomic E-state index is 0.680. The van der Waals surface area contributed by atoms with Gasteiger partial charge in [-0.3, -0.25) is 0 Å². The number of rotatable bonds is 10. The molecule has 3 rings (SSSR count). The van der Waals surface area contributed by atoms with Gasteiger partial charge in [0.1, 0.15) is 10.8 Å². The van der Waals surface area contributed by atoms with Gasteiger partial charge in [0.05, 0.1) is 25.7 Å². The summed E-state index contributed by atoms with van der Waals surface area (Å²) in [5.41, 5.74) is 2.37. The first-order chi connectivity index (χ1) is 13.7. The number of nitrogens with zero attached hydrogens (tertiary/aromatic N) is 1. The summed E-state index contributed by atoms with van der Waals surface area (Å²) in [4.78, 5) is 5.70. The van der Waals surface area contributed by atoms with E-state index in [0.717, 1.165) is 47.3 Å². The second-order valence-corrected chi connectivity index (χ2v) is 7.31. The summed E-state index contributed by atoms with van der Waals surface area (Å²) in [5, 5.41) is 4.54. The molecule has 0 bridgehead atoms. The van der Waals surface area contributed by atoms with Crippen molar-refractivity contribution in [3.05, 3.63) is 59.2 Å². The van der Waals surface area contributed by atoms with Gasteiger partial charge in [-0.15, -0.1) is 11.3 Å². The second kappa shape index (κ2) is 10.1. The molecule has 148 valence electrons. The maximum atomic E-state index is 5.49. The predicted octanol–water partition coefficient (Wildman–Crippen LogP) is 4.56. The lowest BCUT2D eigenvalue weighted by atomic mass is 10.1. The van der Waals surface area contributed by atoms with Crippen LogP contribution in [-0.2, 0) is 13.0 Å². The Morgan fingerprint density at radius 2 is 1.79 bits per heavy atom. The molecule has 0 fully saturated rings. The number of nitrogens with one attached hydrogen (secondary N) is 1. The average Bonchev–Trinajstić information content (AvgIpc) is 3.21. The largest absolute Gasteiger partial charge is 0.494 e. The van der Waals surface area contributed by atoms with Gasteiger partial charge in [0.2, 0.25) is 0 Å². The molecular weight excluding hydrogens is 372 g/mol. The predicted molar refractivity (Wildman–Crippen MR) is 114 cm³/mol. The lowest BCUT2D eigenvalue weighted by molar-refractivity contribution is 0.340. The summed E-state index contributed by atoms with van der Waals surface area (Å²) >= 11 is 1.71. The number of hydrogen-bond acceptors (Lipinski definition) is 6. The van der Waals surface area contributed by atoms with Gasteiger partial charge in [-0.05, 0) is 67.4 Å². The molecule has 0 radical (unpaired) electrons. The normalized spacial score (nSPS) is 10.7. The van der Waals surface area contributed by atoms with Crippen LogP contribution in [0, 0.1) is 0 Å². The second-order valence-electron chi connectivity index (χ2n) is 6.19. The third-order valence-electron chi connectivity index (χ3n) is 4.32. The van der Waals surface area contributed by atoms with Crippen molar-refractivity contribution in [1.82, 2.24) is 10.3 Å². The van der Waals surface area contributed by atoms with Crippen LogP contribution in [0.15, 0.2) is 48.7 Å². The SMILES string of the molecule is CCOc1ccc(-c2cnc(CNCCc3ccc(OC)c(OC)c3)s2)cc1. The Kier molecular flexibility index (Phi) is 7.28. The van der Waals surface area contributed by atoms with Gasteiger partial charge in [0.15, 0.2) is 11.5 Å². The van der Waals surface area contributed by atoms with Crippen LogP contribution in [0.3, 0.4) is 0 Å². The van der Waals surface area contributed by atoms with E-state index in [4.69, 9.17) is 14.2 Å². The molecule has 1 aromatic heterocycles. The topological polar surface area (TPSA) is 52.6 Å². The summed E-state index contributed by atoms with van der Waals surface area (Å²) in [6.07, 6.45) is 2.85. The van der Waals surface area contributed by atoms with Gasteiger partial charge in [0.25, 0.3) is 0 Å². The molecule has 0 amide bonds. The number of methoxy groups -OCH3 is 2. The van der Waals surface area contributed by atoms with Crippen LogP contribution in [0.4, 0.5) is 0 Å². The van der Waals surface area contributed by atoms with Gasteiger partial charge in [0, 0.05) is 12.7 Å². The zero-order valence-corrected chi connectivity index (χ0v) is 17.3. The van der Waals surface area contributed by atoms with Crippen molar-refractivity contribution in [3.8, 4) is 27.7 Å². The summed E-state index contributed by atoms with van der Waals surface area (Å²) < 4.78 is 16.1. The van der Waals surface area contributed by atoms with E-state index in [9.17, 15) is 0 Å². The molecule has 0 aliphatic heterocycles. The van der Waals surface area contributed by atoms with Gasteiger partial charge in [-0.25, -0.2) is 4.98 Å². The van der Waals surface area contributed by atoms with Crippen LogP contribution in [0.25, 0.3) is 10.4 Å². The van der Waals surface area contributed by atoms with Crippen molar-refractivity contribution < 1.29 is 14.2 Å². The molecule has 0 saturated carbocycles. The van der Waals surface area contributed by atoms with Gasteiger partial charge in [-0.2, -0.15) is 0 Å². The fourth-order valence-corrected chi connectivity index (χ4v) is 3.76. The van der Waals surface area contributed by atoms with E-state index in [2.05, 4.69) is 28.5 Å². The Balaban J connectivity index is 1.49. The Hall–Kier alpha value is -2.57. The maximum absolute atomic E-state index is 5.49. The van der Waals surface area contributed by atoms with Crippen LogP contribution < -0.4 is 19.5 Å². The molecule has 0 aliphatic carbocycles. The van der Waals surface area contributed by atoms with Gasteiger partial charge >= 0.3 is 0 Å². The highest BCUT2D eigenvalue weighted by molar-refractivity contribution is 7.15. The minimum Gasteiger partial charge on any atom is -0.494 e. The van der Waals surface area contributed by atoms with E-state index in [1.807, 2.05) is 37.4 Å². The molecule has 0 aliphatic rings. The van der Waals surface area contributed by atoms with Gasteiger partial charge in [-0.1, -0.05) is 6.07 Å². The summed E-state index contributed by atoms with van der Waals surface area (Å²) in [5.74, 6) is 2.41. The van der Waals surface area contributed by atoms with Crippen molar-refractivity contribution >= 4 is 11.3 Å². The molecule has 5 nitrogen and oxygen atoms in total. The van der Waals surface area contributed by atoms with Crippen LogP contribution in [-0.4, -0.2) is 32.4 Å². The fraction of sp³-hybridized carbons (Fsp3) is 0.318. The third-order valence-corrected chi connectivity index (χ3v) is 5.36. The highest BCUT2D eigenvalue weighted by Crippen LogP contribution is 2.28. The summed E-state index contributed by atoms with van der Waals surface area (Å²) in [7, 11) is 3.30. The van der Waals surface area contributed by atoms with Crippen LogP contribution in [0.1, 0.15) is 17.5 Å². The van der Waals surface area contributed by atoms with Crippen molar-refractivity contribution in [3.63, 3.8) is 0 Å².